The van der Waals surface area contributed by atoms with Crippen molar-refractivity contribution in [2.45, 2.75) is 32.4 Å². The molecule has 9 heteroatoms. The number of halogens is 1. The summed E-state index contributed by atoms with van der Waals surface area (Å²) in [5.41, 5.74) is 1.73. The number of anilines is 2. The van der Waals surface area contributed by atoms with Gasteiger partial charge in [-0.05, 0) is 53.4 Å². The third-order valence-corrected chi connectivity index (χ3v) is 6.55. The zero-order chi connectivity index (χ0) is 24.2. The number of rotatable bonds is 7. The van der Waals surface area contributed by atoms with E-state index in [1.165, 1.54) is 23.2 Å². The largest absolute Gasteiger partial charge is 0.326 e. The van der Waals surface area contributed by atoms with Crippen molar-refractivity contribution in [2.24, 2.45) is 0 Å². The summed E-state index contributed by atoms with van der Waals surface area (Å²) in [7, 11) is 0. The average molecular weight is 496 g/mol. The van der Waals surface area contributed by atoms with E-state index in [-0.39, 0.29) is 37.1 Å². The van der Waals surface area contributed by atoms with E-state index in [2.05, 4.69) is 5.32 Å². The van der Waals surface area contributed by atoms with E-state index in [1.54, 1.807) is 48.5 Å². The van der Waals surface area contributed by atoms with Crippen molar-refractivity contribution in [1.82, 2.24) is 4.90 Å². The highest BCUT2D eigenvalue weighted by Gasteiger charge is 2.44. The molecule has 3 aromatic rings. The minimum absolute atomic E-state index is 0.0892. The molecule has 0 saturated carbocycles. The fourth-order valence-corrected chi connectivity index (χ4v) is 4.68. The molecule has 1 aliphatic rings. The Bertz CT molecular complexity index is 1210. The van der Waals surface area contributed by atoms with Gasteiger partial charge in [0.25, 0.3) is 5.91 Å². The summed E-state index contributed by atoms with van der Waals surface area (Å²) >= 11 is 7.44. The Balaban J connectivity index is 1.57. The van der Waals surface area contributed by atoms with Crippen LogP contribution in [0, 0.1) is 0 Å². The first kappa shape index (κ1) is 23.7. The molecular weight excluding hydrogens is 474 g/mol. The van der Waals surface area contributed by atoms with Crippen molar-refractivity contribution in [3.8, 4) is 0 Å². The standard InChI is InChI=1S/C25H22ClN3O4S/c1-16(30)27-19-8-10-20(11-9-19)29-24(32)14-22(25(29)33)28(15-21-3-2-12-34-21)23(31)13-17-4-6-18(26)7-5-17/h2-12,22H,13-15H2,1H3,(H,27,30). The van der Waals surface area contributed by atoms with Crippen LogP contribution in [0.2, 0.25) is 5.02 Å². The molecule has 1 fully saturated rings. The molecule has 1 aliphatic heterocycles. The summed E-state index contributed by atoms with van der Waals surface area (Å²) in [5.74, 6) is -1.29. The maximum absolute atomic E-state index is 13.4. The van der Waals surface area contributed by atoms with Crippen molar-refractivity contribution in [3.05, 3.63) is 81.5 Å². The van der Waals surface area contributed by atoms with Crippen molar-refractivity contribution < 1.29 is 19.2 Å². The van der Waals surface area contributed by atoms with Crippen molar-refractivity contribution in [2.75, 3.05) is 10.2 Å². The van der Waals surface area contributed by atoms with Crippen LogP contribution in [-0.4, -0.2) is 34.6 Å². The number of hydrogen-bond acceptors (Lipinski definition) is 5. The number of amides is 4. The van der Waals surface area contributed by atoms with Gasteiger partial charge in [0, 0.05) is 22.5 Å². The summed E-state index contributed by atoms with van der Waals surface area (Å²) in [6, 6.07) is 16.3. The Kier molecular flexibility index (Phi) is 7.09. The van der Waals surface area contributed by atoms with Gasteiger partial charge in [0.2, 0.25) is 17.7 Å². The quantitative estimate of drug-likeness (QED) is 0.496. The summed E-state index contributed by atoms with van der Waals surface area (Å²) in [6.45, 7) is 1.64. The first-order chi connectivity index (χ1) is 16.3. The van der Waals surface area contributed by atoms with E-state index in [1.807, 2.05) is 17.5 Å². The number of nitrogens with zero attached hydrogens (tertiary/aromatic N) is 2. The zero-order valence-electron chi connectivity index (χ0n) is 18.4. The first-order valence-corrected chi connectivity index (χ1v) is 11.9. The highest BCUT2D eigenvalue weighted by molar-refractivity contribution is 7.09. The molecular formula is C25H22ClN3O4S. The molecule has 174 valence electrons. The number of thiophene rings is 1. The van der Waals surface area contributed by atoms with Gasteiger partial charge < -0.3 is 10.2 Å². The third-order valence-electron chi connectivity index (χ3n) is 5.44. The lowest BCUT2D eigenvalue weighted by molar-refractivity contribution is -0.138. The minimum Gasteiger partial charge on any atom is -0.326 e. The average Bonchev–Trinajstić information content (AvgIpc) is 3.41. The number of carbonyl (C=O) groups excluding carboxylic acids is 4. The lowest BCUT2D eigenvalue weighted by atomic mass is 10.1. The summed E-state index contributed by atoms with van der Waals surface area (Å²) in [4.78, 5) is 54.3. The van der Waals surface area contributed by atoms with E-state index in [0.717, 1.165) is 15.3 Å². The van der Waals surface area contributed by atoms with Crippen molar-refractivity contribution in [3.63, 3.8) is 0 Å². The Labute approximate surface area is 205 Å². The fraction of sp³-hybridized carbons (Fsp3) is 0.200. The summed E-state index contributed by atoms with van der Waals surface area (Å²) < 4.78 is 0. The van der Waals surface area contributed by atoms with Crippen LogP contribution in [0.25, 0.3) is 0 Å². The van der Waals surface area contributed by atoms with Crippen LogP contribution in [0.4, 0.5) is 11.4 Å². The van der Waals surface area contributed by atoms with Gasteiger partial charge in [-0.15, -0.1) is 11.3 Å². The Hall–Kier alpha value is -3.49. The topological polar surface area (TPSA) is 86.8 Å². The van der Waals surface area contributed by atoms with Gasteiger partial charge in [-0.25, -0.2) is 4.90 Å². The molecule has 1 aromatic heterocycles. The predicted molar refractivity (Wildman–Crippen MR) is 132 cm³/mol. The van der Waals surface area contributed by atoms with Gasteiger partial charge in [0.1, 0.15) is 6.04 Å². The Morgan fingerprint density at radius 1 is 1.09 bits per heavy atom. The molecule has 7 nitrogen and oxygen atoms in total. The van der Waals surface area contributed by atoms with Gasteiger partial charge in [-0.3, -0.25) is 19.2 Å². The van der Waals surface area contributed by atoms with Gasteiger partial charge in [-0.1, -0.05) is 29.8 Å². The van der Waals surface area contributed by atoms with Crippen molar-refractivity contribution in [1.29, 1.82) is 0 Å². The third kappa shape index (κ3) is 5.35. The maximum atomic E-state index is 13.4. The van der Waals surface area contributed by atoms with Crippen molar-refractivity contribution >= 4 is 57.9 Å². The van der Waals surface area contributed by atoms with Crippen LogP contribution in [0.3, 0.4) is 0 Å². The SMILES string of the molecule is CC(=O)Nc1ccc(N2C(=O)CC(N(Cc3cccs3)C(=O)Cc3ccc(Cl)cc3)C2=O)cc1. The number of benzene rings is 2. The Morgan fingerprint density at radius 2 is 1.79 bits per heavy atom. The summed E-state index contributed by atoms with van der Waals surface area (Å²) in [6.07, 6.45) is -0.00403. The normalized spacial score (nSPS) is 15.5. The van der Waals surface area contributed by atoms with E-state index < -0.39 is 11.9 Å². The molecule has 2 heterocycles. The second-order valence-electron chi connectivity index (χ2n) is 7.92. The van der Waals surface area contributed by atoms with E-state index in [0.29, 0.717) is 16.4 Å². The van der Waals surface area contributed by atoms with Crippen LogP contribution in [0.15, 0.2) is 66.0 Å². The number of nitrogens with one attached hydrogen (secondary N) is 1. The molecule has 0 bridgehead atoms. The molecule has 0 spiro atoms. The molecule has 0 aliphatic carbocycles. The number of hydrogen-bond donors (Lipinski definition) is 1. The molecule has 2 aromatic carbocycles. The van der Waals surface area contributed by atoms with Gasteiger partial charge >= 0.3 is 0 Å². The molecule has 1 N–H and O–H groups in total. The molecule has 1 atom stereocenters. The second kappa shape index (κ2) is 10.2. The lowest BCUT2D eigenvalue weighted by Crippen LogP contribution is -2.45. The fourth-order valence-electron chi connectivity index (χ4n) is 3.85. The molecule has 1 saturated heterocycles. The molecule has 4 amide bonds. The van der Waals surface area contributed by atoms with Crippen LogP contribution >= 0.6 is 22.9 Å². The lowest BCUT2D eigenvalue weighted by Gasteiger charge is -2.27. The Morgan fingerprint density at radius 3 is 2.41 bits per heavy atom. The van der Waals surface area contributed by atoms with Gasteiger partial charge in [0.15, 0.2) is 0 Å². The zero-order valence-corrected chi connectivity index (χ0v) is 19.9. The first-order valence-electron chi connectivity index (χ1n) is 10.6. The molecule has 34 heavy (non-hydrogen) atoms. The van der Waals surface area contributed by atoms with Crippen LogP contribution < -0.4 is 10.2 Å². The van der Waals surface area contributed by atoms with Crippen LogP contribution in [0.5, 0.6) is 0 Å². The molecule has 0 radical (unpaired) electrons. The molecule has 4 rings (SSSR count). The monoisotopic (exact) mass is 495 g/mol. The minimum atomic E-state index is -0.899. The summed E-state index contributed by atoms with van der Waals surface area (Å²) in [5, 5.41) is 5.13. The van der Waals surface area contributed by atoms with Crippen LogP contribution in [-0.2, 0) is 32.1 Å². The predicted octanol–water partition coefficient (Wildman–Crippen LogP) is 4.26. The second-order valence-corrected chi connectivity index (χ2v) is 9.39. The van der Waals surface area contributed by atoms with Crippen LogP contribution in [0.1, 0.15) is 23.8 Å². The number of imide groups is 1. The van der Waals surface area contributed by atoms with Gasteiger partial charge in [-0.2, -0.15) is 0 Å². The number of carbonyl (C=O) groups is 4. The van der Waals surface area contributed by atoms with E-state index in [9.17, 15) is 19.2 Å². The van der Waals surface area contributed by atoms with Gasteiger partial charge in [0.05, 0.1) is 25.1 Å². The highest BCUT2D eigenvalue weighted by atomic mass is 35.5. The highest BCUT2D eigenvalue weighted by Crippen LogP contribution is 2.29. The van der Waals surface area contributed by atoms with E-state index >= 15 is 0 Å². The maximum Gasteiger partial charge on any atom is 0.257 e. The van der Waals surface area contributed by atoms with E-state index in [4.69, 9.17) is 11.6 Å². The molecule has 1 unspecified atom stereocenters. The smallest absolute Gasteiger partial charge is 0.257 e.